The maximum absolute atomic E-state index is 11.7. The zero-order chi connectivity index (χ0) is 11.4. The predicted molar refractivity (Wildman–Crippen MR) is 63.6 cm³/mol. The van der Waals surface area contributed by atoms with E-state index in [-0.39, 0.29) is 12.1 Å². The fourth-order valence-corrected chi connectivity index (χ4v) is 1.80. The van der Waals surface area contributed by atoms with Crippen LogP contribution in [-0.4, -0.2) is 12.1 Å². The Morgan fingerprint density at radius 1 is 1.31 bits per heavy atom. The lowest BCUT2D eigenvalue weighted by molar-refractivity contribution is 0.0370. The Kier molecular flexibility index (Phi) is 3.62. The van der Waals surface area contributed by atoms with Gasteiger partial charge in [-0.2, -0.15) is 0 Å². The molecule has 0 N–H and O–H groups in total. The average molecular weight is 237 g/mol. The maximum Gasteiger partial charge on any atom is 0.338 e. The van der Waals surface area contributed by atoms with Crippen LogP contribution < -0.4 is 0 Å². The molecule has 0 saturated heterocycles. The number of ether oxygens (including phenoxy) is 1. The highest BCUT2D eigenvalue weighted by Crippen LogP contribution is 2.16. The van der Waals surface area contributed by atoms with Crippen LogP contribution in [0, 0.1) is 0 Å². The van der Waals surface area contributed by atoms with Gasteiger partial charge in [-0.25, -0.2) is 4.79 Å². The van der Waals surface area contributed by atoms with Crippen LogP contribution in [0.5, 0.6) is 0 Å². The van der Waals surface area contributed by atoms with Crippen LogP contribution in [0.25, 0.3) is 0 Å². The van der Waals surface area contributed by atoms with Crippen LogP contribution >= 0.6 is 11.6 Å². The minimum absolute atomic E-state index is 0.0723. The summed E-state index contributed by atoms with van der Waals surface area (Å²) >= 11 is 5.74. The molecule has 1 atom stereocenters. The molecule has 0 saturated carbocycles. The van der Waals surface area contributed by atoms with Crippen molar-refractivity contribution in [1.29, 1.82) is 0 Å². The summed E-state index contributed by atoms with van der Waals surface area (Å²) in [5.41, 5.74) is 0.545. The van der Waals surface area contributed by atoms with E-state index in [1.165, 1.54) is 0 Å². The van der Waals surface area contributed by atoms with Gasteiger partial charge >= 0.3 is 5.97 Å². The standard InChI is InChI=1S/C13H13ClO2/c14-11-8-6-10(7-9-11)13(15)16-12-4-2-1-3-5-12/h2,4,6-9,12H,1,3,5H2. The molecule has 3 heteroatoms. The highest BCUT2D eigenvalue weighted by atomic mass is 35.5. The number of hydrogen-bond donors (Lipinski definition) is 0. The van der Waals surface area contributed by atoms with E-state index in [1.807, 2.05) is 6.08 Å². The van der Waals surface area contributed by atoms with Gasteiger partial charge in [-0.3, -0.25) is 0 Å². The second kappa shape index (κ2) is 5.17. The van der Waals surface area contributed by atoms with Gasteiger partial charge in [0.1, 0.15) is 6.10 Å². The van der Waals surface area contributed by atoms with Crippen LogP contribution in [0.2, 0.25) is 5.02 Å². The molecule has 0 fully saturated rings. The highest BCUT2D eigenvalue weighted by Gasteiger charge is 2.14. The molecule has 1 aromatic rings. The largest absolute Gasteiger partial charge is 0.455 e. The molecular formula is C13H13ClO2. The Morgan fingerprint density at radius 2 is 2.06 bits per heavy atom. The van der Waals surface area contributed by atoms with Crippen LogP contribution in [0.15, 0.2) is 36.4 Å². The molecule has 1 aromatic carbocycles. The quantitative estimate of drug-likeness (QED) is 0.579. The second-order valence-corrected chi connectivity index (χ2v) is 4.25. The molecule has 1 unspecified atom stereocenters. The summed E-state index contributed by atoms with van der Waals surface area (Å²) in [6.45, 7) is 0. The third-order valence-corrected chi connectivity index (χ3v) is 2.80. The second-order valence-electron chi connectivity index (χ2n) is 3.81. The van der Waals surface area contributed by atoms with Gasteiger partial charge in [0.05, 0.1) is 5.56 Å². The van der Waals surface area contributed by atoms with Crippen molar-refractivity contribution < 1.29 is 9.53 Å². The molecule has 0 amide bonds. The Morgan fingerprint density at radius 3 is 2.69 bits per heavy atom. The number of hydrogen-bond acceptors (Lipinski definition) is 2. The summed E-state index contributed by atoms with van der Waals surface area (Å²) in [7, 11) is 0. The molecule has 1 aliphatic rings. The molecule has 0 heterocycles. The van der Waals surface area contributed by atoms with Gasteiger partial charge in [0, 0.05) is 5.02 Å². The lowest BCUT2D eigenvalue weighted by Crippen LogP contribution is -2.17. The van der Waals surface area contributed by atoms with Crippen molar-refractivity contribution in [2.75, 3.05) is 0 Å². The average Bonchev–Trinajstić information content (AvgIpc) is 2.31. The Labute approximate surface area is 99.9 Å². The van der Waals surface area contributed by atoms with Gasteiger partial charge in [-0.05, 0) is 49.6 Å². The van der Waals surface area contributed by atoms with E-state index in [0.29, 0.717) is 10.6 Å². The fourth-order valence-electron chi connectivity index (χ4n) is 1.67. The van der Waals surface area contributed by atoms with Gasteiger partial charge in [0.2, 0.25) is 0 Å². The Balaban J connectivity index is 1.99. The van der Waals surface area contributed by atoms with Crippen LogP contribution in [0.4, 0.5) is 0 Å². The number of esters is 1. The fraction of sp³-hybridized carbons (Fsp3) is 0.308. The van der Waals surface area contributed by atoms with Crippen LogP contribution in [0.3, 0.4) is 0 Å². The lowest BCUT2D eigenvalue weighted by atomic mass is 10.1. The monoisotopic (exact) mass is 236 g/mol. The van der Waals surface area contributed by atoms with Crippen molar-refractivity contribution in [3.8, 4) is 0 Å². The predicted octanol–water partition coefficient (Wildman–Crippen LogP) is 3.61. The third kappa shape index (κ3) is 2.86. The molecule has 0 aromatic heterocycles. The SMILES string of the molecule is O=C(OC1C=CCCC1)c1ccc(Cl)cc1. The van der Waals surface area contributed by atoms with Crippen molar-refractivity contribution >= 4 is 17.6 Å². The van der Waals surface area contributed by atoms with Crippen LogP contribution in [0.1, 0.15) is 29.6 Å². The number of carbonyl (C=O) groups excluding carboxylic acids is 1. The smallest absolute Gasteiger partial charge is 0.338 e. The normalized spacial score (nSPS) is 19.4. The first-order valence-corrected chi connectivity index (χ1v) is 5.77. The number of rotatable bonds is 2. The van der Waals surface area contributed by atoms with Crippen molar-refractivity contribution in [3.05, 3.63) is 47.0 Å². The van der Waals surface area contributed by atoms with Crippen molar-refractivity contribution in [3.63, 3.8) is 0 Å². The minimum Gasteiger partial charge on any atom is -0.455 e. The summed E-state index contributed by atoms with van der Waals surface area (Å²) in [6, 6.07) is 6.73. The van der Waals surface area contributed by atoms with Crippen molar-refractivity contribution in [1.82, 2.24) is 0 Å². The van der Waals surface area contributed by atoms with E-state index in [0.717, 1.165) is 19.3 Å². The van der Waals surface area contributed by atoms with Crippen molar-refractivity contribution in [2.45, 2.75) is 25.4 Å². The molecule has 0 radical (unpaired) electrons. The van der Waals surface area contributed by atoms with Crippen molar-refractivity contribution in [2.24, 2.45) is 0 Å². The zero-order valence-electron chi connectivity index (χ0n) is 8.86. The van der Waals surface area contributed by atoms with E-state index in [1.54, 1.807) is 24.3 Å². The van der Waals surface area contributed by atoms with E-state index >= 15 is 0 Å². The third-order valence-electron chi connectivity index (χ3n) is 2.55. The van der Waals surface area contributed by atoms with E-state index in [9.17, 15) is 4.79 Å². The highest BCUT2D eigenvalue weighted by molar-refractivity contribution is 6.30. The van der Waals surface area contributed by atoms with Gasteiger partial charge in [0.15, 0.2) is 0 Å². The Bertz CT molecular complexity index is 395. The van der Waals surface area contributed by atoms with E-state index < -0.39 is 0 Å². The molecule has 2 nitrogen and oxygen atoms in total. The van der Waals surface area contributed by atoms with Crippen LogP contribution in [-0.2, 0) is 4.74 Å². The number of allylic oxidation sites excluding steroid dienone is 1. The maximum atomic E-state index is 11.7. The topological polar surface area (TPSA) is 26.3 Å². The summed E-state index contributed by atoms with van der Waals surface area (Å²) in [4.78, 5) is 11.7. The van der Waals surface area contributed by atoms with Gasteiger partial charge in [-0.15, -0.1) is 0 Å². The molecule has 2 rings (SSSR count). The first-order valence-electron chi connectivity index (χ1n) is 5.39. The summed E-state index contributed by atoms with van der Waals surface area (Å²) in [5.74, 6) is -0.284. The van der Waals surface area contributed by atoms with E-state index in [2.05, 4.69) is 6.08 Å². The summed E-state index contributed by atoms with van der Waals surface area (Å²) in [6.07, 6.45) is 7.01. The first-order chi connectivity index (χ1) is 7.75. The van der Waals surface area contributed by atoms with Gasteiger partial charge in [0.25, 0.3) is 0 Å². The summed E-state index contributed by atoms with van der Waals surface area (Å²) < 4.78 is 5.35. The first kappa shape index (κ1) is 11.2. The molecule has 0 bridgehead atoms. The van der Waals surface area contributed by atoms with Gasteiger partial charge in [-0.1, -0.05) is 17.7 Å². The molecule has 16 heavy (non-hydrogen) atoms. The van der Waals surface area contributed by atoms with E-state index in [4.69, 9.17) is 16.3 Å². The molecule has 0 spiro atoms. The van der Waals surface area contributed by atoms with Gasteiger partial charge < -0.3 is 4.74 Å². The number of carbonyl (C=O) groups is 1. The lowest BCUT2D eigenvalue weighted by Gasteiger charge is -2.16. The molecule has 1 aliphatic carbocycles. The number of halogens is 1. The minimum atomic E-state index is -0.284. The Hall–Kier alpha value is -1.28. The molecular weight excluding hydrogens is 224 g/mol. The molecule has 0 aliphatic heterocycles. The molecule has 84 valence electrons. The summed E-state index contributed by atoms with van der Waals surface area (Å²) in [5, 5.41) is 0.620. The zero-order valence-corrected chi connectivity index (χ0v) is 9.61. The number of benzene rings is 1.